The van der Waals surface area contributed by atoms with Gasteiger partial charge in [-0.1, -0.05) is 107 Å². The fourth-order valence-electron chi connectivity index (χ4n) is 4.56. The molecule has 0 fully saturated rings. The predicted octanol–water partition coefficient (Wildman–Crippen LogP) is 11.1. The molecule has 0 aliphatic rings. The van der Waals surface area contributed by atoms with Crippen LogP contribution in [0.4, 0.5) is 11.4 Å². The Hall–Kier alpha value is -3.07. The molecular weight excluding hydrogens is 542 g/mol. The first-order valence-electron chi connectivity index (χ1n) is 14.8. The van der Waals surface area contributed by atoms with Crippen LogP contribution >= 0.6 is 0 Å². The van der Waals surface area contributed by atoms with Crippen molar-refractivity contribution in [2.24, 2.45) is 9.98 Å². The van der Waals surface area contributed by atoms with Gasteiger partial charge < -0.3 is 0 Å². The van der Waals surface area contributed by atoms with Crippen LogP contribution in [-0.2, 0) is 17.1 Å². The molecule has 0 radical (unpaired) electrons. The minimum absolute atomic E-state index is 0. The molecule has 3 aromatic rings. The molecule has 0 bridgehead atoms. The number of para-hydroxylation sites is 2. The summed E-state index contributed by atoms with van der Waals surface area (Å²) in [6.45, 7) is 19.8. The van der Waals surface area contributed by atoms with Gasteiger partial charge in [-0.05, 0) is 87.8 Å². The van der Waals surface area contributed by atoms with Gasteiger partial charge in [-0.3, -0.25) is 9.98 Å². The third-order valence-electron chi connectivity index (χ3n) is 6.91. The summed E-state index contributed by atoms with van der Waals surface area (Å²) in [6.07, 6.45) is 12.1. The predicted molar refractivity (Wildman–Crippen MR) is 177 cm³/mol. The first-order valence-corrected chi connectivity index (χ1v) is 14.8. The molecule has 0 amide bonds. The molecule has 0 aliphatic heterocycles. The Balaban J connectivity index is 0.00000157. The van der Waals surface area contributed by atoms with Crippen LogP contribution in [0.5, 0.6) is 0 Å². The number of unbranched alkanes of at least 4 members (excludes halogenated alkanes) is 4. The molecule has 41 heavy (non-hydrogen) atoms. The topological polar surface area (TPSA) is 37.6 Å². The SMILES string of the molecule is C=CC=C.CCCCCC(=Nc1c(C)cccc1C)c1cccc(C(CCCCC)=Nc2c(C)cccc2C)n1.[Fe]. The van der Waals surface area contributed by atoms with Crippen molar-refractivity contribution in [1.82, 2.24) is 4.98 Å². The average molecular weight is 592 g/mol. The van der Waals surface area contributed by atoms with Crippen LogP contribution < -0.4 is 0 Å². The summed E-state index contributed by atoms with van der Waals surface area (Å²) < 4.78 is 0. The van der Waals surface area contributed by atoms with Gasteiger partial charge in [0.05, 0.1) is 34.2 Å². The number of aliphatic imine (C=N–C) groups is 2. The van der Waals surface area contributed by atoms with E-state index in [-0.39, 0.29) is 17.1 Å². The number of aryl methyl sites for hydroxylation is 4. The molecule has 4 heteroatoms. The van der Waals surface area contributed by atoms with Gasteiger partial charge in [0.1, 0.15) is 0 Å². The Kier molecular flexibility index (Phi) is 17.5. The van der Waals surface area contributed by atoms with Crippen LogP contribution in [0.15, 0.2) is 89.9 Å². The zero-order valence-electron chi connectivity index (χ0n) is 26.1. The minimum Gasteiger partial charge on any atom is -0.251 e. The Labute approximate surface area is 260 Å². The maximum atomic E-state index is 5.20. The summed E-state index contributed by atoms with van der Waals surface area (Å²) in [5.74, 6) is 0. The normalized spacial score (nSPS) is 11.3. The number of aromatic nitrogens is 1. The fourth-order valence-corrected chi connectivity index (χ4v) is 4.56. The van der Waals surface area contributed by atoms with Gasteiger partial charge in [0.2, 0.25) is 0 Å². The molecule has 3 rings (SSSR count). The number of pyridine rings is 1. The van der Waals surface area contributed by atoms with Crippen molar-refractivity contribution in [2.45, 2.75) is 92.9 Å². The van der Waals surface area contributed by atoms with Gasteiger partial charge >= 0.3 is 0 Å². The van der Waals surface area contributed by atoms with E-state index in [1.165, 1.54) is 47.9 Å². The summed E-state index contributed by atoms with van der Waals surface area (Å²) in [5, 5.41) is 0. The molecule has 0 saturated heterocycles. The minimum atomic E-state index is 0. The Morgan fingerprint density at radius 2 is 0.951 bits per heavy atom. The van der Waals surface area contributed by atoms with Crippen molar-refractivity contribution >= 4 is 22.8 Å². The summed E-state index contributed by atoms with van der Waals surface area (Å²) in [4.78, 5) is 15.6. The summed E-state index contributed by atoms with van der Waals surface area (Å²) >= 11 is 0. The monoisotopic (exact) mass is 591 g/mol. The molecule has 0 unspecified atom stereocenters. The molecule has 1 aromatic heterocycles. The second kappa shape index (κ2) is 19.9. The van der Waals surface area contributed by atoms with E-state index in [0.29, 0.717) is 0 Å². The number of allylic oxidation sites excluding steroid dienone is 2. The fraction of sp³-hybridized carbons (Fsp3) is 0.378. The molecular formula is C37H49FeN3. The van der Waals surface area contributed by atoms with Crippen molar-refractivity contribution in [3.8, 4) is 0 Å². The van der Waals surface area contributed by atoms with Gasteiger partial charge in [0.15, 0.2) is 0 Å². The summed E-state index contributed by atoms with van der Waals surface area (Å²) in [5.41, 5.74) is 11.0. The molecule has 2 aromatic carbocycles. The molecule has 0 aliphatic carbocycles. The Morgan fingerprint density at radius 1 is 0.610 bits per heavy atom. The Bertz CT molecular complexity index is 1170. The largest absolute Gasteiger partial charge is 0.251 e. The first-order chi connectivity index (χ1) is 19.4. The maximum Gasteiger partial charge on any atom is 0.0852 e. The van der Waals surface area contributed by atoms with Crippen molar-refractivity contribution in [1.29, 1.82) is 0 Å². The first kappa shape index (κ1) is 36.0. The van der Waals surface area contributed by atoms with E-state index in [4.69, 9.17) is 15.0 Å². The van der Waals surface area contributed by atoms with E-state index < -0.39 is 0 Å². The van der Waals surface area contributed by atoms with E-state index in [9.17, 15) is 0 Å². The van der Waals surface area contributed by atoms with Gasteiger partial charge in [0.25, 0.3) is 0 Å². The smallest absolute Gasteiger partial charge is 0.0852 e. The number of benzene rings is 2. The molecule has 0 atom stereocenters. The van der Waals surface area contributed by atoms with Gasteiger partial charge in [-0.25, -0.2) is 4.98 Å². The average Bonchev–Trinajstić information content (AvgIpc) is 2.95. The summed E-state index contributed by atoms with van der Waals surface area (Å²) in [7, 11) is 0. The van der Waals surface area contributed by atoms with Crippen molar-refractivity contribution < 1.29 is 17.1 Å². The van der Waals surface area contributed by atoms with Gasteiger partial charge in [0, 0.05) is 17.1 Å². The zero-order valence-corrected chi connectivity index (χ0v) is 27.2. The van der Waals surface area contributed by atoms with Crippen LogP contribution in [-0.4, -0.2) is 16.4 Å². The van der Waals surface area contributed by atoms with Crippen molar-refractivity contribution in [2.75, 3.05) is 0 Å². The zero-order chi connectivity index (χ0) is 29.3. The second-order valence-corrected chi connectivity index (χ2v) is 10.4. The second-order valence-electron chi connectivity index (χ2n) is 10.4. The van der Waals surface area contributed by atoms with Crippen molar-refractivity contribution in [3.63, 3.8) is 0 Å². The van der Waals surface area contributed by atoms with Crippen LogP contribution in [0.25, 0.3) is 0 Å². The van der Waals surface area contributed by atoms with Crippen LogP contribution in [0, 0.1) is 27.7 Å². The van der Waals surface area contributed by atoms with E-state index in [2.05, 4.69) is 109 Å². The van der Waals surface area contributed by atoms with E-state index in [0.717, 1.165) is 59.9 Å². The van der Waals surface area contributed by atoms with Gasteiger partial charge in [-0.2, -0.15) is 0 Å². The van der Waals surface area contributed by atoms with E-state index in [1.807, 2.05) is 0 Å². The van der Waals surface area contributed by atoms with Gasteiger partial charge in [-0.15, -0.1) is 0 Å². The van der Waals surface area contributed by atoms with Crippen LogP contribution in [0.1, 0.15) is 98.9 Å². The maximum absolute atomic E-state index is 5.20. The van der Waals surface area contributed by atoms with E-state index in [1.54, 1.807) is 12.2 Å². The van der Waals surface area contributed by atoms with Crippen LogP contribution in [0.3, 0.4) is 0 Å². The third-order valence-corrected chi connectivity index (χ3v) is 6.91. The number of hydrogen-bond donors (Lipinski definition) is 0. The third kappa shape index (κ3) is 11.7. The van der Waals surface area contributed by atoms with E-state index >= 15 is 0 Å². The molecule has 220 valence electrons. The molecule has 1 heterocycles. The standard InChI is InChI=1S/C33H43N3.C4H6.Fe/c1-7-9-11-20-30(35-32-24(3)16-13-17-25(32)4)28-22-15-23-29(34-28)31(21-12-10-8-2)36-33-26(5)18-14-19-27(33)6;1-3-4-2;/h13-19,22-23H,7-12,20-21H2,1-6H3;3-4H,1-2H2;. The molecule has 0 saturated carbocycles. The quantitative estimate of drug-likeness (QED) is 0.0843. The molecule has 3 nitrogen and oxygen atoms in total. The molecule has 0 spiro atoms. The Morgan fingerprint density at radius 3 is 1.27 bits per heavy atom. The number of nitrogens with zero attached hydrogens (tertiary/aromatic N) is 3. The number of hydrogen-bond acceptors (Lipinski definition) is 3. The molecule has 0 N–H and O–H groups in total. The van der Waals surface area contributed by atoms with Crippen LogP contribution in [0.2, 0.25) is 0 Å². The van der Waals surface area contributed by atoms with Crippen molar-refractivity contribution in [3.05, 3.63) is 114 Å². The summed E-state index contributed by atoms with van der Waals surface area (Å²) in [6, 6.07) is 19.1. The number of rotatable bonds is 13.